The number of rotatable bonds is 1. The molecule has 1 aliphatic rings. The van der Waals surface area contributed by atoms with Gasteiger partial charge in [0.05, 0.1) is 0 Å². The van der Waals surface area contributed by atoms with Gasteiger partial charge in [0.2, 0.25) is 0 Å². The molecule has 0 amide bonds. The third-order valence-corrected chi connectivity index (χ3v) is 2.17. The van der Waals surface area contributed by atoms with Crippen LogP contribution < -0.4 is 5.32 Å². The smallest absolute Gasteiger partial charge is 0.159 e. The Morgan fingerprint density at radius 3 is 2.50 bits per heavy atom. The number of benzene rings is 1. The zero-order chi connectivity index (χ0) is 8.55. The van der Waals surface area contributed by atoms with Crippen molar-refractivity contribution in [2.24, 2.45) is 0 Å². The quantitative estimate of drug-likeness (QED) is 0.678. The molecular weight excluding hydrogens is 160 g/mol. The molecule has 1 aromatic carbocycles. The van der Waals surface area contributed by atoms with Crippen LogP contribution in [0.15, 0.2) is 18.2 Å². The first-order valence-electron chi connectivity index (χ1n) is 3.96. The van der Waals surface area contributed by atoms with Crippen molar-refractivity contribution < 1.29 is 8.78 Å². The minimum absolute atomic E-state index is 0.222. The molecule has 0 saturated carbocycles. The topological polar surface area (TPSA) is 12.0 Å². The molecule has 1 aliphatic heterocycles. The molecule has 1 aromatic rings. The third-order valence-electron chi connectivity index (χ3n) is 2.17. The molecular formula is C9H9F2N. The monoisotopic (exact) mass is 169 g/mol. The van der Waals surface area contributed by atoms with Gasteiger partial charge in [0.15, 0.2) is 11.6 Å². The maximum absolute atomic E-state index is 12.7. The van der Waals surface area contributed by atoms with Gasteiger partial charge in [0, 0.05) is 6.04 Å². The van der Waals surface area contributed by atoms with Crippen LogP contribution in [0.25, 0.3) is 0 Å². The van der Waals surface area contributed by atoms with Crippen LogP contribution in [0.4, 0.5) is 8.78 Å². The third kappa shape index (κ3) is 1.20. The lowest BCUT2D eigenvalue weighted by molar-refractivity contribution is 0.380. The van der Waals surface area contributed by atoms with E-state index in [2.05, 4.69) is 5.32 Å². The Labute approximate surface area is 69.4 Å². The van der Waals surface area contributed by atoms with E-state index >= 15 is 0 Å². The molecule has 0 bridgehead atoms. The Balaban J connectivity index is 2.27. The number of halogens is 2. The summed E-state index contributed by atoms with van der Waals surface area (Å²) in [4.78, 5) is 0. The van der Waals surface area contributed by atoms with E-state index in [1.807, 2.05) is 0 Å². The Morgan fingerprint density at radius 2 is 2.00 bits per heavy atom. The highest BCUT2D eigenvalue weighted by Crippen LogP contribution is 2.23. The summed E-state index contributed by atoms with van der Waals surface area (Å²) in [6.07, 6.45) is 1.01. The van der Waals surface area contributed by atoms with Crippen molar-refractivity contribution in [3.05, 3.63) is 35.4 Å². The summed E-state index contributed by atoms with van der Waals surface area (Å²) in [6, 6.07) is 4.27. The van der Waals surface area contributed by atoms with E-state index in [9.17, 15) is 8.78 Å². The van der Waals surface area contributed by atoms with Crippen molar-refractivity contribution in [1.29, 1.82) is 0 Å². The second-order valence-corrected chi connectivity index (χ2v) is 2.97. The van der Waals surface area contributed by atoms with Gasteiger partial charge in [0.25, 0.3) is 0 Å². The molecule has 2 rings (SSSR count). The molecule has 0 radical (unpaired) electrons. The van der Waals surface area contributed by atoms with E-state index in [4.69, 9.17) is 0 Å². The maximum atomic E-state index is 12.7. The molecule has 12 heavy (non-hydrogen) atoms. The maximum Gasteiger partial charge on any atom is 0.159 e. The van der Waals surface area contributed by atoms with Crippen LogP contribution in [0.3, 0.4) is 0 Å². The highest BCUT2D eigenvalue weighted by atomic mass is 19.2. The van der Waals surface area contributed by atoms with E-state index in [-0.39, 0.29) is 6.04 Å². The van der Waals surface area contributed by atoms with E-state index in [0.717, 1.165) is 18.5 Å². The molecule has 1 atom stereocenters. The number of hydrogen-bond acceptors (Lipinski definition) is 1. The summed E-state index contributed by atoms with van der Waals surface area (Å²) in [7, 11) is 0. The van der Waals surface area contributed by atoms with Crippen LogP contribution in [0.1, 0.15) is 18.0 Å². The molecule has 1 fully saturated rings. The van der Waals surface area contributed by atoms with Crippen molar-refractivity contribution in [2.45, 2.75) is 12.5 Å². The molecule has 0 aliphatic carbocycles. The van der Waals surface area contributed by atoms with Crippen molar-refractivity contribution in [3.8, 4) is 0 Å². The van der Waals surface area contributed by atoms with Crippen LogP contribution in [-0.4, -0.2) is 6.54 Å². The Bertz CT molecular complexity index is 295. The lowest BCUT2D eigenvalue weighted by atomic mass is 9.98. The molecule has 1 heterocycles. The van der Waals surface area contributed by atoms with Gasteiger partial charge in [-0.1, -0.05) is 6.07 Å². The highest BCUT2D eigenvalue weighted by Gasteiger charge is 2.19. The fourth-order valence-corrected chi connectivity index (χ4v) is 1.30. The van der Waals surface area contributed by atoms with E-state index < -0.39 is 11.6 Å². The van der Waals surface area contributed by atoms with Crippen LogP contribution in [-0.2, 0) is 0 Å². The first kappa shape index (κ1) is 7.68. The van der Waals surface area contributed by atoms with Gasteiger partial charge in [-0.25, -0.2) is 8.78 Å². The summed E-state index contributed by atoms with van der Waals surface area (Å²) < 4.78 is 25.2. The number of nitrogens with one attached hydrogen (secondary N) is 1. The fourth-order valence-electron chi connectivity index (χ4n) is 1.30. The van der Waals surface area contributed by atoms with E-state index in [1.165, 1.54) is 12.1 Å². The summed E-state index contributed by atoms with van der Waals surface area (Å²) >= 11 is 0. The Morgan fingerprint density at radius 1 is 1.25 bits per heavy atom. The van der Waals surface area contributed by atoms with Crippen molar-refractivity contribution in [3.63, 3.8) is 0 Å². The first-order chi connectivity index (χ1) is 5.77. The standard InChI is InChI=1S/C9H9F2N/c10-7-2-1-6(5-8(7)11)9-3-4-12-9/h1-2,5,9,12H,3-4H2/t9-/m0/s1. The SMILES string of the molecule is Fc1ccc([C@@H]2CCN2)cc1F. The molecule has 3 heteroatoms. The molecule has 1 nitrogen and oxygen atoms in total. The Hall–Kier alpha value is -0.960. The van der Waals surface area contributed by atoms with Crippen LogP contribution >= 0.6 is 0 Å². The highest BCUT2D eigenvalue weighted by molar-refractivity contribution is 5.22. The summed E-state index contributed by atoms with van der Waals surface area (Å²) in [5.41, 5.74) is 0.833. The van der Waals surface area contributed by atoms with Gasteiger partial charge in [-0.3, -0.25) is 0 Å². The van der Waals surface area contributed by atoms with Crippen LogP contribution in [0.2, 0.25) is 0 Å². The largest absolute Gasteiger partial charge is 0.310 e. The fraction of sp³-hybridized carbons (Fsp3) is 0.333. The van der Waals surface area contributed by atoms with Gasteiger partial charge in [0.1, 0.15) is 0 Å². The normalized spacial score (nSPS) is 22.0. The second kappa shape index (κ2) is 2.83. The zero-order valence-electron chi connectivity index (χ0n) is 6.48. The predicted molar refractivity (Wildman–Crippen MR) is 41.7 cm³/mol. The average Bonchev–Trinajstić information content (AvgIpc) is 1.93. The minimum Gasteiger partial charge on any atom is -0.310 e. The number of hydrogen-bond donors (Lipinski definition) is 1. The first-order valence-corrected chi connectivity index (χ1v) is 3.96. The molecule has 1 saturated heterocycles. The lowest BCUT2D eigenvalue weighted by Gasteiger charge is -2.27. The molecule has 0 aromatic heterocycles. The molecule has 0 unspecified atom stereocenters. The summed E-state index contributed by atoms with van der Waals surface area (Å²) in [5.74, 6) is -1.54. The van der Waals surface area contributed by atoms with Crippen molar-refractivity contribution >= 4 is 0 Å². The molecule has 1 N–H and O–H groups in total. The van der Waals surface area contributed by atoms with Gasteiger partial charge >= 0.3 is 0 Å². The Kier molecular flexibility index (Phi) is 1.81. The van der Waals surface area contributed by atoms with Crippen LogP contribution in [0.5, 0.6) is 0 Å². The minimum atomic E-state index is -0.780. The van der Waals surface area contributed by atoms with Gasteiger partial charge < -0.3 is 5.32 Å². The van der Waals surface area contributed by atoms with Crippen LogP contribution in [0, 0.1) is 11.6 Å². The summed E-state index contributed by atoms with van der Waals surface area (Å²) in [5, 5.41) is 3.12. The van der Waals surface area contributed by atoms with E-state index in [1.54, 1.807) is 6.07 Å². The van der Waals surface area contributed by atoms with Crippen molar-refractivity contribution in [1.82, 2.24) is 5.32 Å². The second-order valence-electron chi connectivity index (χ2n) is 2.97. The predicted octanol–water partition coefficient (Wildman–Crippen LogP) is 2.00. The van der Waals surface area contributed by atoms with Gasteiger partial charge in [-0.15, -0.1) is 0 Å². The summed E-state index contributed by atoms with van der Waals surface area (Å²) in [6.45, 7) is 0.962. The zero-order valence-corrected chi connectivity index (χ0v) is 6.48. The van der Waals surface area contributed by atoms with Gasteiger partial charge in [-0.05, 0) is 30.7 Å². The van der Waals surface area contributed by atoms with Crippen molar-refractivity contribution in [2.75, 3.05) is 6.54 Å². The lowest BCUT2D eigenvalue weighted by Crippen LogP contribution is -2.34. The van der Waals surface area contributed by atoms with E-state index in [0.29, 0.717) is 0 Å². The molecule has 64 valence electrons. The van der Waals surface area contributed by atoms with Gasteiger partial charge in [-0.2, -0.15) is 0 Å². The molecule has 0 spiro atoms. The average molecular weight is 169 g/mol.